The second-order valence-corrected chi connectivity index (χ2v) is 9.40. The van der Waals surface area contributed by atoms with Gasteiger partial charge in [-0.2, -0.15) is 9.61 Å². The van der Waals surface area contributed by atoms with Crippen LogP contribution >= 0.6 is 23.2 Å². The number of nitrogens with zero attached hydrogens (tertiary/aromatic N) is 5. The SMILES string of the molecule is CCN1CCCC(N(CCN)c2cc(C)nc3c(-c4c(Cl)cc(OC)cc4Cl)c(C)nn23)C1. The summed E-state index contributed by atoms with van der Waals surface area (Å²) >= 11 is 13.3. The van der Waals surface area contributed by atoms with Crippen LogP contribution in [-0.2, 0) is 0 Å². The maximum absolute atomic E-state index is 6.66. The summed E-state index contributed by atoms with van der Waals surface area (Å²) in [6.45, 7) is 10.7. The lowest BCUT2D eigenvalue weighted by atomic mass is 10.0. The summed E-state index contributed by atoms with van der Waals surface area (Å²) < 4.78 is 7.25. The molecule has 1 aromatic carbocycles. The molecule has 1 saturated heterocycles. The predicted octanol–water partition coefficient (Wildman–Crippen LogP) is 4.58. The first kappa shape index (κ1) is 24.1. The number of hydrogen-bond donors (Lipinski definition) is 1. The number of halogens is 2. The normalized spacial score (nSPS) is 17.0. The van der Waals surface area contributed by atoms with Crippen LogP contribution in [0.15, 0.2) is 18.2 Å². The molecule has 0 radical (unpaired) electrons. The van der Waals surface area contributed by atoms with Gasteiger partial charge >= 0.3 is 0 Å². The van der Waals surface area contributed by atoms with Gasteiger partial charge in [0.25, 0.3) is 0 Å². The highest BCUT2D eigenvalue weighted by atomic mass is 35.5. The third-order valence-electron chi connectivity index (χ3n) is 6.41. The zero-order valence-corrected chi connectivity index (χ0v) is 21.2. The minimum Gasteiger partial charge on any atom is -0.497 e. The van der Waals surface area contributed by atoms with Gasteiger partial charge in [-0.05, 0) is 51.9 Å². The first-order valence-corrected chi connectivity index (χ1v) is 12.2. The highest BCUT2D eigenvalue weighted by Gasteiger charge is 2.28. The molecule has 3 heterocycles. The van der Waals surface area contributed by atoms with Crippen LogP contribution in [0.1, 0.15) is 31.2 Å². The molecule has 3 aromatic rings. The Morgan fingerprint density at radius 2 is 1.91 bits per heavy atom. The van der Waals surface area contributed by atoms with Crippen molar-refractivity contribution in [3.8, 4) is 16.9 Å². The van der Waals surface area contributed by atoms with Gasteiger partial charge in [0, 0.05) is 43.0 Å². The Morgan fingerprint density at radius 3 is 2.55 bits per heavy atom. The number of aromatic nitrogens is 3. The number of piperidine rings is 1. The van der Waals surface area contributed by atoms with E-state index < -0.39 is 0 Å². The number of fused-ring (bicyclic) bond motifs is 1. The van der Waals surface area contributed by atoms with Crippen molar-refractivity contribution in [1.29, 1.82) is 0 Å². The Kier molecular flexibility index (Phi) is 7.34. The molecular formula is C24H32Cl2N6O. The number of likely N-dealkylation sites (N-methyl/N-ethyl adjacent to an activating group) is 1. The Balaban J connectivity index is 1.88. The maximum atomic E-state index is 6.66. The summed E-state index contributed by atoms with van der Waals surface area (Å²) in [5.74, 6) is 1.61. The number of benzene rings is 1. The van der Waals surface area contributed by atoms with E-state index >= 15 is 0 Å². The molecule has 0 aliphatic carbocycles. The van der Waals surface area contributed by atoms with Crippen LogP contribution < -0.4 is 15.4 Å². The van der Waals surface area contributed by atoms with Crippen molar-refractivity contribution in [3.05, 3.63) is 39.6 Å². The fourth-order valence-corrected chi connectivity index (χ4v) is 5.48. The van der Waals surface area contributed by atoms with Gasteiger partial charge in [0.2, 0.25) is 0 Å². The fourth-order valence-electron chi connectivity index (χ4n) is 4.83. The summed E-state index contributed by atoms with van der Waals surface area (Å²) in [4.78, 5) is 9.76. The number of nitrogens with two attached hydrogens (primary N) is 1. The zero-order valence-electron chi connectivity index (χ0n) is 19.7. The van der Waals surface area contributed by atoms with E-state index in [4.69, 9.17) is 43.8 Å². The number of rotatable bonds is 7. The largest absolute Gasteiger partial charge is 0.497 e. The minimum atomic E-state index is 0.369. The molecule has 1 fully saturated rings. The van der Waals surface area contributed by atoms with Crippen LogP contribution in [0.3, 0.4) is 0 Å². The van der Waals surface area contributed by atoms with Crippen molar-refractivity contribution in [3.63, 3.8) is 0 Å². The Bertz CT molecular complexity index is 1120. The van der Waals surface area contributed by atoms with E-state index in [2.05, 4.69) is 22.8 Å². The molecule has 2 aromatic heterocycles. The van der Waals surface area contributed by atoms with Crippen LogP contribution in [0, 0.1) is 13.8 Å². The van der Waals surface area contributed by atoms with E-state index in [9.17, 15) is 0 Å². The van der Waals surface area contributed by atoms with Crippen LogP contribution in [-0.4, -0.2) is 65.4 Å². The van der Waals surface area contributed by atoms with Crippen molar-refractivity contribution in [2.45, 2.75) is 39.7 Å². The second kappa shape index (κ2) is 10.1. The molecule has 7 nitrogen and oxygen atoms in total. The molecule has 1 atom stereocenters. The van der Waals surface area contributed by atoms with Gasteiger partial charge in [-0.25, -0.2) is 4.98 Å². The lowest BCUT2D eigenvalue weighted by molar-refractivity contribution is 0.213. The van der Waals surface area contributed by atoms with Crippen molar-refractivity contribution in [1.82, 2.24) is 19.5 Å². The van der Waals surface area contributed by atoms with Crippen molar-refractivity contribution in [2.24, 2.45) is 5.73 Å². The molecule has 1 aliphatic rings. The predicted molar refractivity (Wildman–Crippen MR) is 136 cm³/mol. The summed E-state index contributed by atoms with van der Waals surface area (Å²) in [6.07, 6.45) is 2.30. The van der Waals surface area contributed by atoms with E-state index in [1.165, 1.54) is 6.42 Å². The van der Waals surface area contributed by atoms with Crippen molar-refractivity contribution < 1.29 is 4.74 Å². The average molecular weight is 491 g/mol. The number of ether oxygens (including phenoxy) is 1. The number of hydrogen-bond acceptors (Lipinski definition) is 6. The van der Waals surface area contributed by atoms with Gasteiger partial charge < -0.3 is 20.3 Å². The van der Waals surface area contributed by atoms with E-state index in [0.717, 1.165) is 66.6 Å². The van der Waals surface area contributed by atoms with Crippen LogP contribution in [0.25, 0.3) is 16.8 Å². The van der Waals surface area contributed by atoms with E-state index in [1.54, 1.807) is 19.2 Å². The standard InChI is InChI=1S/C24H32Cl2N6O/c1-5-30-9-6-7-17(14-30)31(10-8-27)21-11-15(2)28-24-22(16(3)29-32(21)24)23-19(25)12-18(33-4)13-20(23)26/h11-13,17H,5-10,14,27H2,1-4H3. The number of aryl methyl sites for hydroxylation is 2. The van der Waals surface area contributed by atoms with Gasteiger partial charge in [-0.3, -0.25) is 0 Å². The lowest BCUT2D eigenvalue weighted by Crippen LogP contribution is -2.50. The molecular weight excluding hydrogens is 459 g/mol. The van der Waals surface area contributed by atoms with E-state index in [0.29, 0.717) is 28.4 Å². The zero-order chi connectivity index (χ0) is 23.7. The number of methoxy groups -OCH3 is 1. The summed E-state index contributed by atoms with van der Waals surface area (Å²) in [5.41, 5.74) is 10.1. The van der Waals surface area contributed by atoms with E-state index in [1.807, 2.05) is 18.4 Å². The molecule has 4 rings (SSSR count). The molecule has 2 N–H and O–H groups in total. The molecule has 0 amide bonds. The van der Waals surface area contributed by atoms with Gasteiger partial charge in [-0.15, -0.1) is 0 Å². The quantitative estimate of drug-likeness (QED) is 0.522. The molecule has 1 aliphatic heterocycles. The Hall–Kier alpha value is -2.06. The number of anilines is 1. The van der Waals surface area contributed by atoms with Gasteiger partial charge in [0.1, 0.15) is 11.6 Å². The molecule has 9 heteroatoms. The van der Waals surface area contributed by atoms with Crippen LogP contribution in [0.5, 0.6) is 5.75 Å². The Morgan fingerprint density at radius 1 is 1.18 bits per heavy atom. The summed E-state index contributed by atoms with van der Waals surface area (Å²) in [6, 6.07) is 6.00. The van der Waals surface area contributed by atoms with Gasteiger partial charge in [0.05, 0.1) is 28.4 Å². The molecule has 0 bridgehead atoms. The van der Waals surface area contributed by atoms with Crippen molar-refractivity contribution in [2.75, 3.05) is 44.7 Å². The van der Waals surface area contributed by atoms with Crippen molar-refractivity contribution >= 4 is 34.7 Å². The van der Waals surface area contributed by atoms with Crippen LogP contribution in [0.4, 0.5) is 5.82 Å². The summed E-state index contributed by atoms with van der Waals surface area (Å²) in [5, 5.41) is 5.91. The molecule has 0 saturated carbocycles. The molecule has 33 heavy (non-hydrogen) atoms. The van der Waals surface area contributed by atoms with Gasteiger partial charge in [0.15, 0.2) is 5.65 Å². The third-order valence-corrected chi connectivity index (χ3v) is 7.00. The lowest BCUT2D eigenvalue weighted by Gasteiger charge is -2.40. The fraction of sp³-hybridized carbons (Fsp3) is 0.500. The summed E-state index contributed by atoms with van der Waals surface area (Å²) in [7, 11) is 1.59. The highest BCUT2D eigenvalue weighted by Crippen LogP contribution is 2.41. The third kappa shape index (κ3) is 4.64. The second-order valence-electron chi connectivity index (χ2n) is 8.59. The van der Waals surface area contributed by atoms with Gasteiger partial charge in [-0.1, -0.05) is 30.1 Å². The molecule has 178 valence electrons. The number of likely N-dealkylation sites (tertiary alicyclic amines) is 1. The molecule has 0 spiro atoms. The average Bonchev–Trinajstić information content (AvgIpc) is 3.12. The van der Waals surface area contributed by atoms with Crippen LogP contribution in [0.2, 0.25) is 10.0 Å². The smallest absolute Gasteiger partial charge is 0.165 e. The topological polar surface area (TPSA) is 71.9 Å². The molecule has 1 unspecified atom stereocenters. The first-order valence-electron chi connectivity index (χ1n) is 11.5. The minimum absolute atomic E-state index is 0.369. The Labute approximate surface area is 205 Å². The maximum Gasteiger partial charge on any atom is 0.165 e. The highest BCUT2D eigenvalue weighted by molar-refractivity contribution is 6.39. The monoisotopic (exact) mass is 490 g/mol. The van der Waals surface area contributed by atoms with E-state index in [-0.39, 0.29) is 0 Å². The first-order chi connectivity index (χ1) is 15.9.